The van der Waals surface area contributed by atoms with Crippen molar-refractivity contribution >= 4 is 29.3 Å². The number of non-ortho nitro benzene ring substituents is 1. The Balaban J connectivity index is 2.67. The topological polar surface area (TPSA) is 115 Å². The number of nitro benzene ring substituents is 1. The maximum absolute atomic E-state index is 12.1. The number of amides is 2. The van der Waals surface area contributed by atoms with Crippen LogP contribution in [0.3, 0.4) is 0 Å². The summed E-state index contributed by atoms with van der Waals surface area (Å²) in [5.74, 6) is -0.977. The molecular formula is C14H19N3O4S. The van der Waals surface area contributed by atoms with Crippen LogP contribution in [0.4, 0.5) is 5.69 Å². The number of thioether (sulfide) groups is 1. The Morgan fingerprint density at radius 2 is 1.77 bits per heavy atom. The average Bonchev–Trinajstić information content (AvgIpc) is 2.44. The van der Waals surface area contributed by atoms with Crippen molar-refractivity contribution in [2.24, 2.45) is 11.7 Å². The first-order valence-electron chi connectivity index (χ1n) is 6.73. The van der Waals surface area contributed by atoms with Gasteiger partial charge in [0, 0.05) is 17.0 Å². The van der Waals surface area contributed by atoms with Crippen molar-refractivity contribution in [2.75, 3.05) is 0 Å². The molecule has 2 atom stereocenters. The minimum atomic E-state index is -0.715. The number of carbonyl (C=O) groups is 2. The predicted octanol–water partition coefficient (Wildman–Crippen LogP) is 1.70. The summed E-state index contributed by atoms with van der Waals surface area (Å²) in [5, 5.41) is 12.7. The quantitative estimate of drug-likeness (QED) is 0.450. The van der Waals surface area contributed by atoms with Crippen LogP contribution in [0.1, 0.15) is 20.8 Å². The molecule has 0 spiro atoms. The third kappa shape index (κ3) is 5.03. The van der Waals surface area contributed by atoms with Gasteiger partial charge in [-0.15, -0.1) is 11.8 Å². The smallest absolute Gasteiger partial charge is 0.269 e. The minimum absolute atomic E-state index is 0.00458. The van der Waals surface area contributed by atoms with Crippen molar-refractivity contribution in [1.29, 1.82) is 0 Å². The van der Waals surface area contributed by atoms with Crippen LogP contribution < -0.4 is 11.1 Å². The number of rotatable bonds is 7. The van der Waals surface area contributed by atoms with E-state index in [1.807, 2.05) is 0 Å². The summed E-state index contributed by atoms with van der Waals surface area (Å²) in [6.07, 6.45) is 0. The fourth-order valence-electron chi connectivity index (χ4n) is 1.74. The lowest BCUT2D eigenvalue weighted by Gasteiger charge is -2.21. The third-order valence-electron chi connectivity index (χ3n) is 3.00. The molecule has 8 heteroatoms. The van der Waals surface area contributed by atoms with Gasteiger partial charge in [-0.3, -0.25) is 19.7 Å². The summed E-state index contributed by atoms with van der Waals surface area (Å²) in [7, 11) is 0. The summed E-state index contributed by atoms with van der Waals surface area (Å²) >= 11 is 1.25. The van der Waals surface area contributed by atoms with Crippen molar-refractivity contribution in [2.45, 2.75) is 37.0 Å². The van der Waals surface area contributed by atoms with Gasteiger partial charge in [0.25, 0.3) is 5.69 Å². The molecule has 1 aromatic rings. The van der Waals surface area contributed by atoms with E-state index in [9.17, 15) is 19.7 Å². The van der Waals surface area contributed by atoms with E-state index in [-0.39, 0.29) is 17.5 Å². The zero-order valence-electron chi connectivity index (χ0n) is 12.6. The molecule has 1 aromatic carbocycles. The Hall–Kier alpha value is -2.09. The van der Waals surface area contributed by atoms with Gasteiger partial charge in [0.2, 0.25) is 11.8 Å². The summed E-state index contributed by atoms with van der Waals surface area (Å²) in [6, 6.07) is 5.22. The summed E-state index contributed by atoms with van der Waals surface area (Å²) in [5.41, 5.74) is 5.25. The first kappa shape index (κ1) is 18.0. The van der Waals surface area contributed by atoms with E-state index in [4.69, 9.17) is 5.73 Å². The number of nitrogens with one attached hydrogen (secondary N) is 1. The Morgan fingerprint density at radius 1 is 1.23 bits per heavy atom. The first-order valence-corrected chi connectivity index (χ1v) is 7.61. The average molecular weight is 325 g/mol. The Morgan fingerprint density at radius 3 is 2.18 bits per heavy atom. The molecule has 0 radical (unpaired) electrons. The van der Waals surface area contributed by atoms with Gasteiger partial charge < -0.3 is 11.1 Å². The monoisotopic (exact) mass is 325 g/mol. The number of nitrogens with two attached hydrogens (primary N) is 1. The Labute approximate surface area is 132 Å². The van der Waals surface area contributed by atoms with Gasteiger partial charge in [-0.25, -0.2) is 0 Å². The Bertz CT molecular complexity index is 560. The van der Waals surface area contributed by atoms with E-state index in [0.29, 0.717) is 0 Å². The summed E-state index contributed by atoms with van der Waals surface area (Å²) in [4.78, 5) is 34.2. The molecule has 0 aliphatic rings. The Kier molecular flexibility index (Phi) is 6.36. The van der Waals surface area contributed by atoms with Crippen LogP contribution >= 0.6 is 11.8 Å². The first-order chi connectivity index (χ1) is 10.2. The van der Waals surface area contributed by atoms with E-state index in [2.05, 4.69) is 5.32 Å². The normalized spacial score (nSPS) is 13.5. The molecule has 22 heavy (non-hydrogen) atoms. The highest BCUT2D eigenvalue weighted by atomic mass is 32.2. The van der Waals surface area contributed by atoms with Gasteiger partial charge in [-0.1, -0.05) is 13.8 Å². The molecule has 0 unspecified atom stereocenters. The van der Waals surface area contributed by atoms with E-state index in [0.717, 1.165) is 4.90 Å². The number of nitro groups is 1. The van der Waals surface area contributed by atoms with Crippen LogP contribution in [0.15, 0.2) is 29.2 Å². The van der Waals surface area contributed by atoms with Crippen LogP contribution in [0, 0.1) is 16.0 Å². The number of carbonyl (C=O) groups excluding carboxylic acids is 2. The molecule has 0 saturated heterocycles. The number of benzene rings is 1. The fourth-order valence-corrected chi connectivity index (χ4v) is 2.62. The molecule has 0 heterocycles. The third-order valence-corrected chi connectivity index (χ3v) is 4.11. The highest BCUT2D eigenvalue weighted by Gasteiger charge is 2.24. The highest BCUT2D eigenvalue weighted by molar-refractivity contribution is 8.00. The molecule has 3 N–H and O–H groups in total. The van der Waals surface area contributed by atoms with Crippen molar-refractivity contribution in [3.8, 4) is 0 Å². The molecule has 0 aliphatic carbocycles. The van der Waals surface area contributed by atoms with Gasteiger partial charge in [0.15, 0.2) is 0 Å². The SMILES string of the molecule is CC(C)[C@H](NC(=O)[C@@H](C)Sc1ccc([N+](=O)[O-])cc1)C(N)=O. The van der Waals surface area contributed by atoms with Crippen molar-refractivity contribution in [3.63, 3.8) is 0 Å². The molecule has 0 aromatic heterocycles. The van der Waals surface area contributed by atoms with E-state index in [1.54, 1.807) is 32.9 Å². The van der Waals surface area contributed by atoms with Crippen LogP contribution in [0.2, 0.25) is 0 Å². The summed E-state index contributed by atoms with van der Waals surface area (Å²) < 4.78 is 0. The summed E-state index contributed by atoms with van der Waals surface area (Å²) in [6.45, 7) is 5.29. The molecular weight excluding hydrogens is 306 g/mol. The molecule has 120 valence electrons. The standard InChI is InChI=1S/C14H19N3O4S/c1-8(2)12(13(15)18)16-14(19)9(3)22-11-6-4-10(5-7-11)17(20)21/h4-9,12H,1-3H3,(H2,15,18)(H,16,19)/t9-,12+/m1/s1. The van der Waals surface area contributed by atoms with Crippen molar-refractivity contribution < 1.29 is 14.5 Å². The van der Waals surface area contributed by atoms with E-state index >= 15 is 0 Å². The van der Waals surface area contributed by atoms with Crippen molar-refractivity contribution in [1.82, 2.24) is 5.32 Å². The molecule has 2 amide bonds. The van der Waals surface area contributed by atoms with Crippen LogP contribution in [-0.2, 0) is 9.59 Å². The van der Waals surface area contributed by atoms with Crippen molar-refractivity contribution in [3.05, 3.63) is 34.4 Å². The zero-order chi connectivity index (χ0) is 16.9. The number of nitrogens with zero attached hydrogens (tertiary/aromatic N) is 1. The highest BCUT2D eigenvalue weighted by Crippen LogP contribution is 2.25. The molecule has 0 saturated carbocycles. The van der Waals surface area contributed by atoms with Crippen LogP contribution in [0.25, 0.3) is 0 Å². The lowest BCUT2D eigenvalue weighted by molar-refractivity contribution is -0.384. The maximum Gasteiger partial charge on any atom is 0.269 e. The number of hydrogen-bond donors (Lipinski definition) is 2. The van der Waals surface area contributed by atoms with Gasteiger partial charge in [0.1, 0.15) is 6.04 Å². The largest absolute Gasteiger partial charge is 0.368 e. The van der Waals surface area contributed by atoms with Crippen LogP contribution in [-0.4, -0.2) is 28.0 Å². The van der Waals surface area contributed by atoms with Gasteiger partial charge >= 0.3 is 0 Å². The van der Waals surface area contributed by atoms with Gasteiger partial charge in [0.05, 0.1) is 10.2 Å². The minimum Gasteiger partial charge on any atom is -0.368 e. The second kappa shape index (κ2) is 7.79. The molecule has 0 aliphatic heterocycles. The zero-order valence-corrected chi connectivity index (χ0v) is 13.4. The second-order valence-corrected chi connectivity index (χ2v) is 6.56. The van der Waals surface area contributed by atoms with E-state index in [1.165, 1.54) is 23.9 Å². The molecule has 0 fully saturated rings. The lowest BCUT2D eigenvalue weighted by Crippen LogP contribution is -2.49. The molecule has 0 bridgehead atoms. The number of primary amides is 1. The number of hydrogen-bond acceptors (Lipinski definition) is 5. The lowest BCUT2D eigenvalue weighted by atomic mass is 10.0. The van der Waals surface area contributed by atoms with Gasteiger partial charge in [-0.2, -0.15) is 0 Å². The predicted molar refractivity (Wildman–Crippen MR) is 84.4 cm³/mol. The van der Waals surface area contributed by atoms with Gasteiger partial charge in [-0.05, 0) is 25.0 Å². The maximum atomic E-state index is 12.1. The second-order valence-electron chi connectivity index (χ2n) is 5.14. The van der Waals surface area contributed by atoms with E-state index < -0.39 is 22.1 Å². The molecule has 1 rings (SSSR count). The van der Waals surface area contributed by atoms with Crippen LogP contribution in [0.5, 0.6) is 0 Å². The fraction of sp³-hybridized carbons (Fsp3) is 0.429. The molecule has 7 nitrogen and oxygen atoms in total.